The molecule has 2 fully saturated rings. The number of carbonyl (C=O) groups excluding carboxylic acids is 1. The molecular formula is C66H109NO13. The van der Waals surface area contributed by atoms with Crippen LogP contribution >= 0.6 is 0 Å². The highest BCUT2D eigenvalue weighted by Crippen LogP contribution is 2.30. The van der Waals surface area contributed by atoms with Gasteiger partial charge in [0.2, 0.25) is 5.91 Å². The molecule has 2 aliphatic heterocycles. The lowest BCUT2D eigenvalue weighted by molar-refractivity contribution is -0.359. The number of hydrogen-bond acceptors (Lipinski definition) is 13. The zero-order valence-corrected chi connectivity index (χ0v) is 49.0. The number of unbranched alkanes of at least 4 members (excludes halogenated alkanes) is 14. The summed E-state index contributed by atoms with van der Waals surface area (Å²) in [7, 11) is 0. The van der Waals surface area contributed by atoms with E-state index in [9.17, 15) is 45.6 Å². The van der Waals surface area contributed by atoms with Crippen LogP contribution in [0.3, 0.4) is 0 Å². The quantitative estimate of drug-likeness (QED) is 0.0204. The normalized spacial score (nSPS) is 25.1. The number of rotatable bonds is 47. The third-order valence-electron chi connectivity index (χ3n) is 14.2. The Balaban J connectivity index is 1.63. The number of allylic oxidation sites excluding steroid dienone is 20. The van der Waals surface area contributed by atoms with Crippen LogP contribution in [0.2, 0.25) is 0 Å². The van der Waals surface area contributed by atoms with Gasteiger partial charge in [-0.2, -0.15) is 0 Å². The number of carbonyl (C=O) groups is 1. The molecule has 0 radical (unpaired) electrons. The summed E-state index contributed by atoms with van der Waals surface area (Å²) >= 11 is 0. The van der Waals surface area contributed by atoms with Crippen molar-refractivity contribution < 1.29 is 64.6 Å². The topological polar surface area (TPSA) is 228 Å². The number of aliphatic hydroxyl groups excluding tert-OH is 8. The summed E-state index contributed by atoms with van der Waals surface area (Å²) in [6.45, 7) is 2.68. The number of aliphatic hydroxyl groups is 8. The van der Waals surface area contributed by atoms with E-state index in [-0.39, 0.29) is 18.9 Å². The highest BCUT2D eigenvalue weighted by atomic mass is 16.7. The Labute approximate surface area is 482 Å². The first-order valence-corrected chi connectivity index (χ1v) is 30.8. The van der Waals surface area contributed by atoms with Crippen molar-refractivity contribution in [1.29, 1.82) is 0 Å². The molecule has 80 heavy (non-hydrogen) atoms. The van der Waals surface area contributed by atoms with Gasteiger partial charge in [-0.15, -0.1) is 0 Å². The largest absolute Gasteiger partial charge is 0.394 e. The Morgan fingerprint density at radius 3 is 1.32 bits per heavy atom. The number of nitrogens with one attached hydrogen (secondary N) is 1. The maximum Gasteiger partial charge on any atom is 0.220 e. The molecule has 0 aromatic heterocycles. The Bertz CT molecular complexity index is 1800. The van der Waals surface area contributed by atoms with E-state index in [0.717, 1.165) is 128 Å². The van der Waals surface area contributed by atoms with E-state index >= 15 is 0 Å². The average Bonchev–Trinajstić information content (AvgIpc) is 3.49. The van der Waals surface area contributed by atoms with Crippen molar-refractivity contribution in [2.24, 2.45) is 0 Å². The molecule has 14 heteroatoms. The molecule has 0 aromatic carbocycles. The smallest absolute Gasteiger partial charge is 0.220 e. The Morgan fingerprint density at radius 2 is 0.863 bits per heavy atom. The summed E-state index contributed by atoms with van der Waals surface area (Å²) in [5.74, 6) is -0.230. The van der Waals surface area contributed by atoms with E-state index in [1.807, 2.05) is 0 Å². The van der Waals surface area contributed by atoms with Gasteiger partial charge in [0, 0.05) is 6.42 Å². The maximum atomic E-state index is 13.2. The minimum atomic E-state index is -1.79. The van der Waals surface area contributed by atoms with Crippen molar-refractivity contribution in [2.75, 3.05) is 19.8 Å². The predicted molar refractivity (Wildman–Crippen MR) is 322 cm³/mol. The molecule has 0 spiro atoms. The zero-order valence-electron chi connectivity index (χ0n) is 49.0. The first-order valence-electron chi connectivity index (χ1n) is 30.8. The second kappa shape index (κ2) is 50.0. The lowest BCUT2D eigenvalue weighted by Crippen LogP contribution is -2.65. The number of ether oxygens (including phenoxy) is 4. The summed E-state index contributed by atoms with van der Waals surface area (Å²) in [4.78, 5) is 13.2. The first kappa shape index (κ1) is 72.5. The van der Waals surface area contributed by atoms with Crippen molar-refractivity contribution in [1.82, 2.24) is 5.32 Å². The van der Waals surface area contributed by atoms with E-state index < -0.39 is 86.8 Å². The van der Waals surface area contributed by atoms with Crippen molar-refractivity contribution in [3.05, 3.63) is 122 Å². The van der Waals surface area contributed by atoms with Gasteiger partial charge in [-0.1, -0.05) is 219 Å². The molecule has 1 amide bonds. The number of amides is 1. The van der Waals surface area contributed by atoms with Crippen LogP contribution in [0.4, 0.5) is 0 Å². The molecule has 9 N–H and O–H groups in total. The van der Waals surface area contributed by atoms with Crippen LogP contribution in [0.1, 0.15) is 194 Å². The zero-order chi connectivity index (χ0) is 58.1. The highest BCUT2D eigenvalue weighted by Gasteiger charge is 2.51. The van der Waals surface area contributed by atoms with Crippen LogP contribution in [-0.4, -0.2) is 140 Å². The Morgan fingerprint density at radius 1 is 0.463 bits per heavy atom. The molecule has 0 aliphatic carbocycles. The Kier molecular flexibility index (Phi) is 45.3. The third kappa shape index (κ3) is 34.7. The van der Waals surface area contributed by atoms with Crippen molar-refractivity contribution in [3.8, 4) is 0 Å². The fourth-order valence-electron chi connectivity index (χ4n) is 9.26. The standard InChI is InChI=1S/C66H109NO13/c1-3-5-7-9-11-13-14-15-16-17-18-19-20-21-22-23-24-25-26-27-28-29-30-31-32-33-34-35-36-37-38-39-40-42-44-46-48-50-58(71)67-54(55(70)49-47-45-43-41-12-10-8-6-4-2)53-77-65-63(76)61(74)64(57(52-69)79-65)80-66-62(75)60(73)59(72)56(51-68)78-66/h5,7,11,13,15-16,18-19,21-22,24-25,27-28,30-31,33-34,36-37,54-57,59-66,68-70,72-76H,3-4,6,8-10,12,14,17,20,23,26,29,32,35,38-53H2,1-2H3,(H,67,71)/b7-5-,13-11-,16-15-,19-18-,22-21-,25-24-,28-27-,31-30-,34-33-,37-36-. The molecule has 2 heterocycles. The fraction of sp³-hybridized carbons (Fsp3) is 0.682. The summed E-state index contributed by atoms with van der Waals surface area (Å²) in [5, 5.41) is 87.0. The molecule has 0 aromatic rings. The molecule has 14 nitrogen and oxygen atoms in total. The summed E-state index contributed by atoms with van der Waals surface area (Å²) in [6.07, 6.45) is 55.1. The summed E-state index contributed by atoms with van der Waals surface area (Å²) < 4.78 is 22.7. The van der Waals surface area contributed by atoms with Crippen LogP contribution in [0, 0.1) is 0 Å². The number of hydrogen-bond donors (Lipinski definition) is 9. The molecule has 2 aliphatic rings. The van der Waals surface area contributed by atoms with Gasteiger partial charge in [0.05, 0.1) is 32.0 Å². The second-order valence-electron chi connectivity index (χ2n) is 21.1. The monoisotopic (exact) mass is 1120 g/mol. The van der Waals surface area contributed by atoms with Gasteiger partial charge in [0.15, 0.2) is 12.6 Å². The summed E-state index contributed by atoms with van der Waals surface area (Å²) in [5.41, 5.74) is 0. The third-order valence-corrected chi connectivity index (χ3v) is 14.2. The lowest BCUT2D eigenvalue weighted by Gasteiger charge is -2.46. The Hall–Kier alpha value is -3.61. The fourth-order valence-corrected chi connectivity index (χ4v) is 9.26. The molecule has 2 saturated heterocycles. The van der Waals surface area contributed by atoms with Gasteiger partial charge in [-0.3, -0.25) is 4.79 Å². The SMILES string of the molecule is CC/C=C\C/C=C\C/C=C\C/C=C\C/C=C\C/C=C\C/C=C\C/C=C\C/C=C\C/C=C\CCCCCCCCC(=O)NC(COC1OC(CO)C(OC2OC(CO)C(O)C(O)C2O)C(O)C1O)C(O)CCCCCCCCCCC. The van der Waals surface area contributed by atoms with Crippen molar-refractivity contribution in [3.63, 3.8) is 0 Å². The average molecular weight is 1120 g/mol. The highest BCUT2D eigenvalue weighted by molar-refractivity contribution is 5.76. The van der Waals surface area contributed by atoms with E-state index in [0.29, 0.717) is 12.8 Å². The summed E-state index contributed by atoms with van der Waals surface area (Å²) in [6, 6.07) is -0.843. The van der Waals surface area contributed by atoms with Crippen LogP contribution < -0.4 is 5.32 Å². The van der Waals surface area contributed by atoms with E-state index in [1.54, 1.807) is 0 Å². The maximum absolute atomic E-state index is 13.2. The van der Waals surface area contributed by atoms with Gasteiger partial charge >= 0.3 is 0 Å². The van der Waals surface area contributed by atoms with Gasteiger partial charge in [-0.05, 0) is 89.9 Å². The van der Waals surface area contributed by atoms with Crippen molar-refractivity contribution in [2.45, 2.75) is 267 Å². The lowest BCUT2D eigenvalue weighted by atomic mass is 9.97. The predicted octanol–water partition coefficient (Wildman–Crippen LogP) is 11.0. The van der Waals surface area contributed by atoms with Gasteiger partial charge in [0.25, 0.3) is 0 Å². The molecular weight excluding hydrogens is 1010 g/mol. The van der Waals surface area contributed by atoms with E-state index in [1.165, 1.54) is 32.1 Å². The second-order valence-corrected chi connectivity index (χ2v) is 21.1. The molecule has 12 atom stereocenters. The van der Waals surface area contributed by atoms with Gasteiger partial charge in [0.1, 0.15) is 48.8 Å². The van der Waals surface area contributed by atoms with E-state index in [4.69, 9.17) is 18.9 Å². The van der Waals surface area contributed by atoms with Crippen LogP contribution in [0.15, 0.2) is 122 Å². The van der Waals surface area contributed by atoms with Crippen molar-refractivity contribution >= 4 is 5.91 Å². The van der Waals surface area contributed by atoms with Gasteiger partial charge < -0.3 is 65.1 Å². The van der Waals surface area contributed by atoms with Crippen LogP contribution in [0.5, 0.6) is 0 Å². The minimum absolute atomic E-state index is 0.230. The molecule has 0 saturated carbocycles. The molecule has 0 bridgehead atoms. The van der Waals surface area contributed by atoms with Crippen LogP contribution in [0.25, 0.3) is 0 Å². The molecule has 456 valence electrons. The van der Waals surface area contributed by atoms with Crippen LogP contribution in [-0.2, 0) is 23.7 Å². The van der Waals surface area contributed by atoms with Gasteiger partial charge in [-0.25, -0.2) is 0 Å². The van der Waals surface area contributed by atoms with E-state index in [2.05, 4.69) is 141 Å². The molecule has 2 rings (SSSR count). The minimum Gasteiger partial charge on any atom is -0.394 e. The molecule has 12 unspecified atom stereocenters. The first-order chi connectivity index (χ1) is 39.1.